The Bertz CT molecular complexity index is 882. The van der Waals surface area contributed by atoms with Crippen LogP contribution in [0.3, 0.4) is 0 Å². The number of hydrogen-bond donors (Lipinski definition) is 1. The van der Waals surface area contributed by atoms with E-state index in [1.807, 2.05) is 6.07 Å². The minimum absolute atomic E-state index is 0.206. The average molecular weight is 304 g/mol. The highest BCUT2D eigenvalue weighted by Crippen LogP contribution is 2.24. The fraction of sp³-hybridized carbons (Fsp3) is 0.231. The van der Waals surface area contributed by atoms with Gasteiger partial charge in [-0.15, -0.1) is 0 Å². The molecular formula is C13H12N4O3S. The van der Waals surface area contributed by atoms with E-state index in [1.54, 1.807) is 18.3 Å². The van der Waals surface area contributed by atoms with Crippen molar-refractivity contribution in [3.63, 3.8) is 0 Å². The van der Waals surface area contributed by atoms with E-state index < -0.39 is 5.69 Å². The van der Waals surface area contributed by atoms with Crippen molar-refractivity contribution >= 4 is 21.7 Å². The highest BCUT2D eigenvalue weighted by molar-refractivity contribution is 7.13. The molecule has 108 valence electrons. The number of H-pyrrole nitrogens is 1. The van der Waals surface area contributed by atoms with Gasteiger partial charge >= 0.3 is 5.69 Å². The van der Waals surface area contributed by atoms with Crippen LogP contribution in [-0.2, 0) is 11.3 Å². The van der Waals surface area contributed by atoms with Gasteiger partial charge in [0, 0.05) is 13.3 Å². The Hall–Kier alpha value is -2.32. The van der Waals surface area contributed by atoms with Gasteiger partial charge in [-0.2, -0.15) is 4.37 Å². The minimum atomic E-state index is -0.470. The third kappa shape index (κ3) is 2.39. The first kappa shape index (κ1) is 13.7. The van der Waals surface area contributed by atoms with Gasteiger partial charge in [0.25, 0.3) is 5.56 Å². The summed E-state index contributed by atoms with van der Waals surface area (Å²) in [5.74, 6) is 0. The largest absolute Gasteiger partial charge is 0.383 e. The van der Waals surface area contributed by atoms with E-state index in [4.69, 9.17) is 4.74 Å². The summed E-state index contributed by atoms with van der Waals surface area (Å²) in [5.41, 5.74) is 0.743. The van der Waals surface area contributed by atoms with Crippen LogP contribution in [0.2, 0.25) is 0 Å². The Morgan fingerprint density at radius 3 is 2.95 bits per heavy atom. The molecule has 0 aliphatic rings. The van der Waals surface area contributed by atoms with Crippen LogP contribution >= 0.6 is 11.5 Å². The van der Waals surface area contributed by atoms with Crippen LogP contribution in [-0.4, -0.2) is 32.6 Å². The number of hydrogen-bond acceptors (Lipinski definition) is 6. The lowest BCUT2D eigenvalue weighted by Crippen LogP contribution is -2.35. The maximum Gasteiger partial charge on any atom is 0.329 e. The summed E-state index contributed by atoms with van der Waals surface area (Å²) in [5, 5.41) is 0. The van der Waals surface area contributed by atoms with Gasteiger partial charge in [-0.05, 0) is 23.7 Å². The van der Waals surface area contributed by atoms with Gasteiger partial charge in [-0.25, -0.2) is 4.79 Å². The molecule has 0 saturated carbocycles. The van der Waals surface area contributed by atoms with Crippen molar-refractivity contribution in [3.05, 3.63) is 45.2 Å². The summed E-state index contributed by atoms with van der Waals surface area (Å²) in [6.07, 6.45) is 1.64. The topological polar surface area (TPSA) is 89.9 Å². The van der Waals surface area contributed by atoms with Crippen LogP contribution in [0.15, 0.2) is 34.0 Å². The second-order valence-electron chi connectivity index (χ2n) is 4.33. The predicted molar refractivity (Wildman–Crippen MR) is 79.6 cm³/mol. The van der Waals surface area contributed by atoms with Crippen LogP contribution in [0, 0.1) is 0 Å². The van der Waals surface area contributed by atoms with Crippen molar-refractivity contribution in [1.82, 2.24) is 18.9 Å². The normalized spacial score (nSPS) is 11.1. The molecule has 3 aromatic rings. The van der Waals surface area contributed by atoms with Crippen molar-refractivity contribution < 1.29 is 4.74 Å². The van der Waals surface area contributed by atoms with Crippen molar-refractivity contribution in [1.29, 1.82) is 0 Å². The number of aromatic nitrogens is 4. The fourth-order valence-corrected chi connectivity index (χ4v) is 2.80. The van der Waals surface area contributed by atoms with E-state index in [2.05, 4.69) is 14.3 Å². The molecule has 0 aliphatic heterocycles. The number of rotatable bonds is 4. The van der Waals surface area contributed by atoms with Crippen LogP contribution in [0.5, 0.6) is 0 Å². The zero-order valence-electron chi connectivity index (χ0n) is 11.2. The molecule has 0 unspecified atom stereocenters. The average Bonchev–Trinajstić information content (AvgIpc) is 2.92. The van der Waals surface area contributed by atoms with Gasteiger partial charge in [0.2, 0.25) is 0 Å². The minimum Gasteiger partial charge on any atom is -0.383 e. The lowest BCUT2D eigenvalue weighted by Gasteiger charge is -2.03. The molecule has 0 radical (unpaired) electrons. The Kier molecular flexibility index (Phi) is 3.63. The SMILES string of the molecule is COCCn1c(=O)[nH]c2c(-c3ccccn3)nsc2c1=O. The lowest BCUT2D eigenvalue weighted by molar-refractivity contribution is 0.185. The third-order valence-corrected chi connectivity index (χ3v) is 3.87. The Balaban J connectivity index is 2.21. The van der Waals surface area contributed by atoms with E-state index in [-0.39, 0.29) is 12.1 Å². The van der Waals surface area contributed by atoms with Gasteiger partial charge in [-0.1, -0.05) is 6.07 Å². The number of ether oxygens (including phenoxy) is 1. The molecule has 3 heterocycles. The van der Waals surface area contributed by atoms with Gasteiger partial charge in [0.1, 0.15) is 10.4 Å². The number of methoxy groups -OCH3 is 1. The van der Waals surface area contributed by atoms with E-state index in [0.717, 1.165) is 16.1 Å². The van der Waals surface area contributed by atoms with E-state index in [9.17, 15) is 9.59 Å². The molecule has 3 rings (SSSR count). The smallest absolute Gasteiger partial charge is 0.329 e. The van der Waals surface area contributed by atoms with Crippen LogP contribution in [0.4, 0.5) is 0 Å². The summed E-state index contributed by atoms with van der Waals surface area (Å²) in [7, 11) is 1.52. The highest BCUT2D eigenvalue weighted by atomic mass is 32.1. The number of pyridine rings is 1. The fourth-order valence-electron chi connectivity index (χ4n) is 2.00. The summed E-state index contributed by atoms with van der Waals surface area (Å²) >= 11 is 1.06. The van der Waals surface area contributed by atoms with Crippen LogP contribution in [0.1, 0.15) is 0 Å². The van der Waals surface area contributed by atoms with Gasteiger partial charge in [0.05, 0.1) is 24.4 Å². The van der Waals surface area contributed by atoms with Crippen molar-refractivity contribution in [2.75, 3.05) is 13.7 Å². The Labute approximate surface area is 123 Å². The highest BCUT2D eigenvalue weighted by Gasteiger charge is 2.16. The molecule has 0 atom stereocenters. The summed E-state index contributed by atoms with van der Waals surface area (Å²) in [6, 6.07) is 5.40. The molecule has 7 nitrogen and oxygen atoms in total. The summed E-state index contributed by atoms with van der Waals surface area (Å²) < 4.78 is 10.7. The molecule has 0 fully saturated rings. The Morgan fingerprint density at radius 2 is 2.24 bits per heavy atom. The van der Waals surface area contributed by atoms with Crippen molar-refractivity contribution in [2.24, 2.45) is 0 Å². The Morgan fingerprint density at radius 1 is 1.38 bits per heavy atom. The zero-order chi connectivity index (χ0) is 14.8. The van der Waals surface area contributed by atoms with Gasteiger partial charge in [0.15, 0.2) is 0 Å². The maximum atomic E-state index is 12.3. The van der Waals surface area contributed by atoms with Gasteiger partial charge < -0.3 is 9.72 Å². The molecule has 0 aliphatic carbocycles. The van der Waals surface area contributed by atoms with Crippen molar-refractivity contribution in [3.8, 4) is 11.4 Å². The first-order valence-corrected chi connectivity index (χ1v) is 7.02. The van der Waals surface area contributed by atoms with Gasteiger partial charge in [-0.3, -0.25) is 14.3 Å². The molecular weight excluding hydrogens is 292 g/mol. The number of nitrogens with zero attached hydrogens (tertiary/aromatic N) is 3. The number of fused-ring (bicyclic) bond motifs is 1. The number of aromatic amines is 1. The molecule has 1 N–H and O–H groups in total. The van der Waals surface area contributed by atoms with E-state index in [0.29, 0.717) is 28.2 Å². The second-order valence-corrected chi connectivity index (χ2v) is 5.10. The predicted octanol–water partition coefficient (Wildman–Crippen LogP) is 0.855. The first-order valence-electron chi connectivity index (χ1n) is 6.25. The molecule has 21 heavy (non-hydrogen) atoms. The second kappa shape index (κ2) is 5.58. The summed E-state index contributed by atoms with van der Waals surface area (Å²) in [6.45, 7) is 0.498. The standard InChI is InChI=1S/C13H12N4O3S/c1-20-7-6-17-12(18)11-10(15-13(17)19)9(16-21-11)8-4-2-3-5-14-8/h2-5H,6-7H2,1H3,(H,15,19). The van der Waals surface area contributed by atoms with E-state index >= 15 is 0 Å². The molecule has 0 amide bonds. The monoisotopic (exact) mass is 304 g/mol. The zero-order valence-corrected chi connectivity index (χ0v) is 12.0. The molecule has 0 bridgehead atoms. The molecule has 0 saturated heterocycles. The van der Waals surface area contributed by atoms with E-state index in [1.165, 1.54) is 7.11 Å². The number of nitrogens with one attached hydrogen (secondary N) is 1. The quantitative estimate of drug-likeness (QED) is 0.772. The molecule has 3 aromatic heterocycles. The van der Waals surface area contributed by atoms with Crippen LogP contribution < -0.4 is 11.2 Å². The molecule has 0 aromatic carbocycles. The van der Waals surface area contributed by atoms with Crippen molar-refractivity contribution in [2.45, 2.75) is 6.54 Å². The third-order valence-electron chi connectivity index (χ3n) is 3.04. The summed E-state index contributed by atoms with van der Waals surface area (Å²) in [4.78, 5) is 31.3. The maximum absolute atomic E-state index is 12.3. The molecule has 8 heteroatoms. The lowest BCUT2D eigenvalue weighted by atomic mass is 10.2. The molecule has 0 spiro atoms. The first-order chi connectivity index (χ1) is 10.2. The van der Waals surface area contributed by atoms with Crippen LogP contribution in [0.25, 0.3) is 21.6 Å².